The molecule has 0 radical (unpaired) electrons. The van der Waals surface area contributed by atoms with Crippen LogP contribution < -0.4 is 0 Å². The zero-order chi connectivity index (χ0) is 17.4. The van der Waals surface area contributed by atoms with Gasteiger partial charge in [0.1, 0.15) is 11.4 Å². The molecule has 4 aliphatic carbocycles. The third-order valence-electron chi connectivity index (χ3n) is 9.81. The molecule has 1 spiro atoms. The molecular weight excluding hydrogens is 312 g/mol. The van der Waals surface area contributed by atoms with Gasteiger partial charge in [-0.05, 0) is 80.5 Å². The van der Waals surface area contributed by atoms with Crippen molar-refractivity contribution in [2.75, 3.05) is 0 Å². The SMILES string of the molecule is C[C@]12CCC(=O)CC1CC[C@@H]1[C@@H]2CC[C@@]2(C)[C@H]1CC[C@]21CCC(=O)O1. The lowest BCUT2D eigenvalue weighted by molar-refractivity contribution is -0.174. The summed E-state index contributed by atoms with van der Waals surface area (Å²) < 4.78 is 6.02. The third kappa shape index (κ3) is 1.99. The molecule has 0 N–H and O–H groups in total. The fraction of sp³-hybridized carbons (Fsp3) is 0.909. The van der Waals surface area contributed by atoms with Crippen LogP contribution in [0.3, 0.4) is 0 Å². The van der Waals surface area contributed by atoms with Crippen molar-refractivity contribution in [2.24, 2.45) is 34.5 Å². The Morgan fingerprint density at radius 1 is 0.880 bits per heavy atom. The largest absolute Gasteiger partial charge is 0.458 e. The Morgan fingerprint density at radius 3 is 2.44 bits per heavy atom. The second-order valence-corrected chi connectivity index (χ2v) is 10.4. The Kier molecular flexibility index (Phi) is 3.33. The summed E-state index contributed by atoms with van der Waals surface area (Å²) in [6, 6.07) is 0. The Bertz CT molecular complexity index is 627. The highest BCUT2D eigenvalue weighted by Gasteiger charge is 2.67. The summed E-state index contributed by atoms with van der Waals surface area (Å²) in [5.41, 5.74) is 0.411. The number of hydrogen-bond acceptors (Lipinski definition) is 3. The molecule has 25 heavy (non-hydrogen) atoms. The molecule has 138 valence electrons. The quantitative estimate of drug-likeness (QED) is 0.600. The molecule has 3 nitrogen and oxygen atoms in total. The van der Waals surface area contributed by atoms with E-state index in [2.05, 4.69) is 13.8 Å². The van der Waals surface area contributed by atoms with Crippen LogP contribution in [0.1, 0.15) is 84.5 Å². The van der Waals surface area contributed by atoms with Crippen molar-refractivity contribution in [3.05, 3.63) is 0 Å². The summed E-state index contributed by atoms with van der Waals surface area (Å²) in [6.07, 6.45) is 11.7. The van der Waals surface area contributed by atoms with Gasteiger partial charge < -0.3 is 4.74 Å². The Hall–Kier alpha value is -0.860. The first-order valence-electron chi connectivity index (χ1n) is 10.6. The maximum atomic E-state index is 12.0. The first kappa shape index (κ1) is 16.3. The monoisotopic (exact) mass is 344 g/mol. The number of carbonyl (C=O) groups is 2. The van der Waals surface area contributed by atoms with Crippen LogP contribution >= 0.6 is 0 Å². The molecule has 5 fully saturated rings. The minimum atomic E-state index is -0.153. The summed E-state index contributed by atoms with van der Waals surface area (Å²) >= 11 is 0. The summed E-state index contributed by atoms with van der Waals surface area (Å²) in [6.45, 7) is 4.95. The number of carbonyl (C=O) groups excluding carboxylic acids is 2. The fourth-order valence-corrected chi connectivity index (χ4v) is 8.34. The van der Waals surface area contributed by atoms with Gasteiger partial charge in [0.15, 0.2) is 0 Å². The molecule has 7 atom stereocenters. The maximum absolute atomic E-state index is 12.0. The summed E-state index contributed by atoms with van der Waals surface area (Å²) in [4.78, 5) is 23.9. The molecule has 1 unspecified atom stereocenters. The molecule has 1 heterocycles. The van der Waals surface area contributed by atoms with E-state index in [-0.39, 0.29) is 17.0 Å². The lowest BCUT2D eigenvalue weighted by Crippen LogP contribution is -2.56. The lowest BCUT2D eigenvalue weighted by Gasteiger charge is -2.61. The molecule has 0 aromatic rings. The van der Waals surface area contributed by atoms with E-state index in [1.807, 2.05) is 0 Å². The van der Waals surface area contributed by atoms with Crippen molar-refractivity contribution in [3.8, 4) is 0 Å². The fourth-order valence-electron chi connectivity index (χ4n) is 8.34. The van der Waals surface area contributed by atoms with E-state index >= 15 is 0 Å². The van der Waals surface area contributed by atoms with E-state index in [1.165, 1.54) is 32.1 Å². The summed E-state index contributed by atoms with van der Waals surface area (Å²) in [5, 5.41) is 0. The van der Waals surface area contributed by atoms with Crippen molar-refractivity contribution < 1.29 is 14.3 Å². The lowest BCUT2D eigenvalue weighted by atomic mass is 9.44. The number of ether oxygens (including phenoxy) is 1. The number of ketones is 1. The van der Waals surface area contributed by atoms with Gasteiger partial charge in [-0.2, -0.15) is 0 Å². The highest BCUT2D eigenvalue weighted by Crippen LogP contribution is 2.70. The van der Waals surface area contributed by atoms with Crippen LogP contribution in [-0.4, -0.2) is 17.4 Å². The van der Waals surface area contributed by atoms with Gasteiger partial charge in [0.25, 0.3) is 0 Å². The van der Waals surface area contributed by atoms with E-state index in [0.717, 1.165) is 43.9 Å². The minimum Gasteiger partial charge on any atom is -0.458 e. The molecule has 0 amide bonds. The number of fused-ring (bicyclic) bond motifs is 6. The molecular formula is C22H32O3. The van der Waals surface area contributed by atoms with Gasteiger partial charge in [-0.3, -0.25) is 9.59 Å². The van der Waals surface area contributed by atoms with E-state index in [1.54, 1.807) is 0 Å². The van der Waals surface area contributed by atoms with Gasteiger partial charge in [-0.15, -0.1) is 0 Å². The van der Waals surface area contributed by atoms with Crippen molar-refractivity contribution in [1.29, 1.82) is 0 Å². The Labute approximate surface area is 151 Å². The van der Waals surface area contributed by atoms with Gasteiger partial charge in [0.05, 0.1) is 0 Å². The van der Waals surface area contributed by atoms with Gasteiger partial charge in [0.2, 0.25) is 0 Å². The van der Waals surface area contributed by atoms with E-state index in [0.29, 0.717) is 29.5 Å². The molecule has 1 aliphatic heterocycles. The summed E-state index contributed by atoms with van der Waals surface area (Å²) in [7, 11) is 0. The molecule has 5 aliphatic rings. The van der Waals surface area contributed by atoms with Crippen molar-refractivity contribution in [1.82, 2.24) is 0 Å². The number of esters is 1. The van der Waals surface area contributed by atoms with Gasteiger partial charge in [0, 0.05) is 24.7 Å². The van der Waals surface area contributed by atoms with E-state index < -0.39 is 0 Å². The first-order valence-corrected chi connectivity index (χ1v) is 10.6. The second-order valence-electron chi connectivity index (χ2n) is 10.4. The molecule has 5 rings (SSSR count). The Morgan fingerprint density at radius 2 is 1.68 bits per heavy atom. The van der Waals surface area contributed by atoms with Gasteiger partial charge >= 0.3 is 5.97 Å². The van der Waals surface area contributed by atoms with Crippen LogP contribution in [0.15, 0.2) is 0 Å². The molecule has 3 heteroatoms. The molecule has 0 bridgehead atoms. The van der Waals surface area contributed by atoms with E-state index in [9.17, 15) is 9.59 Å². The smallest absolute Gasteiger partial charge is 0.306 e. The molecule has 4 saturated carbocycles. The van der Waals surface area contributed by atoms with Crippen LogP contribution in [0, 0.1) is 34.5 Å². The third-order valence-corrected chi connectivity index (χ3v) is 9.81. The molecule has 0 aromatic carbocycles. The standard InChI is InChI=1S/C22H32O3/c1-20-9-5-15(23)13-14(20)3-4-16-17(20)6-10-21(2)18(16)7-11-22(21)12-8-19(24)25-22/h14,16-18H,3-13H2,1-2H3/t14?,16-,17+,18+,20+,21+,22+/m1/s1. The second kappa shape index (κ2) is 5.10. The maximum Gasteiger partial charge on any atom is 0.306 e. The van der Waals surface area contributed by atoms with Crippen LogP contribution in [0.25, 0.3) is 0 Å². The highest BCUT2D eigenvalue weighted by molar-refractivity contribution is 5.79. The highest BCUT2D eigenvalue weighted by atomic mass is 16.6. The topological polar surface area (TPSA) is 43.4 Å². The van der Waals surface area contributed by atoms with Crippen LogP contribution in [0.4, 0.5) is 0 Å². The van der Waals surface area contributed by atoms with Crippen LogP contribution in [-0.2, 0) is 14.3 Å². The number of hydrogen-bond donors (Lipinski definition) is 0. The van der Waals surface area contributed by atoms with Crippen molar-refractivity contribution in [3.63, 3.8) is 0 Å². The first-order chi connectivity index (χ1) is 11.9. The zero-order valence-electron chi connectivity index (χ0n) is 15.8. The van der Waals surface area contributed by atoms with Crippen molar-refractivity contribution in [2.45, 2.75) is 90.1 Å². The van der Waals surface area contributed by atoms with Gasteiger partial charge in [-0.1, -0.05) is 13.8 Å². The average Bonchev–Trinajstić information content (AvgIpc) is 3.10. The van der Waals surface area contributed by atoms with E-state index in [4.69, 9.17) is 4.74 Å². The average molecular weight is 344 g/mol. The van der Waals surface area contributed by atoms with Gasteiger partial charge in [-0.25, -0.2) is 0 Å². The van der Waals surface area contributed by atoms with Crippen molar-refractivity contribution >= 4 is 11.8 Å². The number of Topliss-reactive ketones (excluding diaryl/α,β-unsaturated/α-hetero) is 1. The van der Waals surface area contributed by atoms with Crippen LogP contribution in [0.2, 0.25) is 0 Å². The zero-order valence-corrected chi connectivity index (χ0v) is 15.8. The predicted octanol–water partition coefficient (Wildman–Crippen LogP) is 4.67. The minimum absolute atomic E-state index is 0.0328. The Balaban J connectivity index is 1.46. The van der Waals surface area contributed by atoms with Crippen LogP contribution in [0.5, 0.6) is 0 Å². The molecule has 1 saturated heterocycles. The number of rotatable bonds is 0. The molecule has 0 aromatic heterocycles. The predicted molar refractivity (Wildman–Crippen MR) is 94.8 cm³/mol. The normalized spacial score (nSPS) is 54.8. The summed E-state index contributed by atoms with van der Waals surface area (Å²) in [5.74, 6) is 3.44.